The third kappa shape index (κ3) is 8.30. The quantitative estimate of drug-likeness (QED) is 0.112. The Morgan fingerprint density at radius 3 is 2.07 bits per heavy atom. The molecule has 3 heterocycles. The minimum Gasteiger partial charge on any atom is -0.462 e. The third-order valence-electron chi connectivity index (χ3n) is 9.07. The number of hydrogen-bond acceptors (Lipinski definition) is 12. The van der Waals surface area contributed by atoms with Crippen molar-refractivity contribution in [3.8, 4) is 28.3 Å². The number of benzene rings is 3. The van der Waals surface area contributed by atoms with Crippen LogP contribution in [0.3, 0.4) is 0 Å². The summed E-state index contributed by atoms with van der Waals surface area (Å²) >= 11 is 0. The van der Waals surface area contributed by atoms with Crippen molar-refractivity contribution in [3.63, 3.8) is 0 Å². The number of nitrogens with one attached hydrogen (secondary N) is 1. The molecule has 0 bridgehead atoms. The maximum absolute atomic E-state index is 13.5. The summed E-state index contributed by atoms with van der Waals surface area (Å²) in [5.41, 5.74) is 1.75. The van der Waals surface area contributed by atoms with E-state index in [-0.39, 0.29) is 28.1 Å². The van der Waals surface area contributed by atoms with Crippen LogP contribution in [0, 0.1) is 6.92 Å². The molecular formula is C37H41F3N6O8S. The molecule has 0 spiro atoms. The Morgan fingerprint density at radius 2 is 1.49 bits per heavy atom. The molecule has 0 aliphatic carbocycles. The summed E-state index contributed by atoms with van der Waals surface area (Å²) in [4.78, 5) is 9.52. The summed E-state index contributed by atoms with van der Waals surface area (Å²) in [7, 11) is -3.77. The number of halogens is 3. The topological polar surface area (TPSA) is 192 Å². The van der Waals surface area contributed by atoms with Crippen LogP contribution in [0.1, 0.15) is 37.9 Å². The Kier molecular flexibility index (Phi) is 11.8. The van der Waals surface area contributed by atoms with Crippen LogP contribution in [0.5, 0.6) is 5.75 Å². The van der Waals surface area contributed by atoms with E-state index >= 15 is 0 Å². The van der Waals surface area contributed by atoms with Gasteiger partial charge >= 0.3 is 6.18 Å². The maximum Gasteiger partial charge on any atom is 0.416 e. The number of ether oxygens (including phenoxy) is 2. The van der Waals surface area contributed by atoms with Gasteiger partial charge in [0.25, 0.3) is 0 Å². The molecule has 5 atom stereocenters. The first kappa shape index (κ1) is 40.0. The second-order valence-corrected chi connectivity index (χ2v) is 15.0. The largest absolute Gasteiger partial charge is 0.462 e. The Balaban J connectivity index is 1.37. The van der Waals surface area contributed by atoms with Gasteiger partial charge in [-0.1, -0.05) is 26.0 Å². The first-order valence-electron chi connectivity index (χ1n) is 17.6. The molecule has 294 valence electrons. The van der Waals surface area contributed by atoms with E-state index < -0.39 is 59.1 Å². The van der Waals surface area contributed by atoms with E-state index in [1.54, 1.807) is 31.2 Å². The predicted molar refractivity (Wildman–Crippen MR) is 195 cm³/mol. The molecule has 6 rings (SSSR count). The van der Waals surface area contributed by atoms with E-state index in [9.17, 15) is 42.0 Å². The minimum atomic E-state index is -4.53. The van der Waals surface area contributed by atoms with Crippen LogP contribution < -0.4 is 10.1 Å². The molecule has 5 aromatic rings. The molecule has 1 aliphatic heterocycles. The summed E-state index contributed by atoms with van der Waals surface area (Å²) in [6, 6.07) is 17.1. The SMILES string of the molecule is CCCN(CCC)S(=O)(=O)c1ccc(-c2nc(Nc3ccc(OC4OC(CO)C(O)C(O)C4O)cc3)nc3c(-c4ccc(C(F)(F)F)cc4)c(C)nn23)cc1. The van der Waals surface area contributed by atoms with Crippen molar-refractivity contribution in [2.24, 2.45) is 0 Å². The number of aryl methyl sites for hydroxylation is 1. The highest BCUT2D eigenvalue weighted by molar-refractivity contribution is 7.89. The smallest absolute Gasteiger partial charge is 0.416 e. The van der Waals surface area contributed by atoms with Crippen molar-refractivity contribution < 1.29 is 51.5 Å². The highest BCUT2D eigenvalue weighted by Crippen LogP contribution is 2.35. The summed E-state index contributed by atoms with van der Waals surface area (Å²) in [5.74, 6) is 0.556. The normalized spacial score (nSPS) is 20.6. The van der Waals surface area contributed by atoms with Crippen molar-refractivity contribution in [2.75, 3.05) is 25.0 Å². The Labute approximate surface area is 314 Å². The molecule has 0 saturated carbocycles. The van der Waals surface area contributed by atoms with Gasteiger partial charge in [0.15, 0.2) is 11.5 Å². The van der Waals surface area contributed by atoms with E-state index in [0.29, 0.717) is 54.0 Å². The number of aliphatic hydroxyl groups excluding tert-OH is 4. The van der Waals surface area contributed by atoms with E-state index in [1.807, 2.05) is 13.8 Å². The third-order valence-corrected chi connectivity index (χ3v) is 11.0. The van der Waals surface area contributed by atoms with Gasteiger partial charge < -0.3 is 35.2 Å². The van der Waals surface area contributed by atoms with Crippen molar-refractivity contribution in [3.05, 3.63) is 84.1 Å². The molecule has 1 saturated heterocycles. The molecule has 1 fully saturated rings. The van der Waals surface area contributed by atoms with Crippen molar-refractivity contribution in [1.29, 1.82) is 0 Å². The number of sulfonamides is 1. The van der Waals surface area contributed by atoms with Gasteiger partial charge in [-0.3, -0.25) is 0 Å². The summed E-state index contributed by atoms with van der Waals surface area (Å²) in [6.07, 6.45) is -10.5. The second kappa shape index (κ2) is 16.2. The van der Waals surface area contributed by atoms with Gasteiger partial charge in [-0.05, 0) is 86.0 Å². The molecule has 3 aromatic carbocycles. The molecule has 5 N–H and O–H groups in total. The fourth-order valence-corrected chi connectivity index (χ4v) is 7.89. The molecular weight excluding hydrogens is 746 g/mol. The molecule has 14 nitrogen and oxygen atoms in total. The zero-order chi connectivity index (χ0) is 39.7. The lowest BCUT2D eigenvalue weighted by molar-refractivity contribution is -0.277. The number of hydrogen-bond donors (Lipinski definition) is 5. The minimum absolute atomic E-state index is 0.0759. The Morgan fingerprint density at radius 1 is 0.873 bits per heavy atom. The van der Waals surface area contributed by atoms with Gasteiger partial charge in [0.1, 0.15) is 30.2 Å². The average molecular weight is 787 g/mol. The van der Waals surface area contributed by atoms with Crippen molar-refractivity contribution in [2.45, 2.75) is 75.4 Å². The van der Waals surface area contributed by atoms with Gasteiger partial charge in [-0.25, -0.2) is 8.42 Å². The standard InChI is InChI=1S/C37H41F3N6O8S/c1-4-18-45(19-5-2)55(51,52)27-16-8-23(9-17-27)33-42-36(43-34-29(21(3)44-46(33)34)22-6-10-24(11-7-22)37(38,39)40)41-25-12-14-26(15-13-25)53-35-32(50)31(49)30(48)28(20-47)54-35/h6-17,28,30-32,35,47-50H,4-5,18-20H2,1-3H3,(H,41,43). The summed E-state index contributed by atoms with van der Waals surface area (Å²) in [6.45, 7) is 5.64. The van der Waals surface area contributed by atoms with Crippen molar-refractivity contribution in [1.82, 2.24) is 23.9 Å². The van der Waals surface area contributed by atoms with E-state index in [2.05, 4.69) is 10.4 Å². The van der Waals surface area contributed by atoms with Crippen LogP contribution in [0.4, 0.5) is 24.8 Å². The first-order chi connectivity index (χ1) is 26.2. The van der Waals surface area contributed by atoms with Gasteiger partial charge in [0, 0.05) is 29.9 Å². The monoisotopic (exact) mass is 786 g/mol. The van der Waals surface area contributed by atoms with E-state index in [1.165, 1.54) is 45.2 Å². The molecule has 2 aromatic heterocycles. The average Bonchev–Trinajstić information content (AvgIpc) is 3.50. The molecule has 0 amide bonds. The van der Waals surface area contributed by atoms with Crippen LogP contribution >= 0.6 is 0 Å². The number of nitrogens with zero attached hydrogens (tertiary/aromatic N) is 5. The van der Waals surface area contributed by atoms with Crippen LogP contribution in [0.15, 0.2) is 77.7 Å². The number of rotatable bonds is 13. The Hall–Kier alpha value is -4.69. The Bertz CT molecular complexity index is 2200. The molecule has 18 heteroatoms. The van der Waals surface area contributed by atoms with Crippen LogP contribution in [0.25, 0.3) is 28.2 Å². The van der Waals surface area contributed by atoms with Gasteiger partial charge in [0.05, 0.1) is 22.8 Å². The highest BCUT2D eigenvalue weighted by atomic mass is 32.2. The summed E-state index contributed by atoms with van der Waals surface area (Å²) < 4.78 is 81.1. The van der Waals surface area contributed by atoms with E-state index in [4.69, 9.17) is 19.4 Å². The zero-order valence-electron chi connectivity index (χ0n) is 30.1. The number of aromatic nitrogens is 4. The fourth-order valence-electron chi connectivity index (χ4n) is 6.27. The first-order valence-corrected chi connectivity index (χ1v) is 19.0. The highest BCUT2D eigenvalue weighted by Gasteiger charge is 2.44. The summed E-state index contributed by atoms with van der Waals surface area (Å²) in [5, 5.41) is 47.8. The van der Waals surface area contributed by atoms with Gasteiger partial charge in [-0.2, -0.15) is 37.1 Å². The molecule has 0 radical (unpaired) electrons. The molecule has 5 unspecified atom stereocenters. The van der Waals surface area contributed by atoms with Crippen LogP contribution in [-0.2, 0) is 20.9 Å². The number of aliphatic hydroxyl groups is 4. The number of alkyl halides is 3. The predicted octanol–water partition coefficient (Wildman–Crippen LogP) is 4.52. The van der Waals surface area contributed by atoms with Crippen LogP contribution in [0.2, 0.25) is 0 Å². The lowest BCUT2D eigenvalue weighted by atomic mass is 9.99. The maximum atomic E-state index is 13.5. The lowest BCUT2D eigenvalue weighted by Gasteiger charge is -2.39. The van der Waals surface area contributed by atoms with E-state index in [0.717, 1.165) is 12.1 Å². The lowest BCUT2D eigenvalue weighted by Crippen LogP contribution is -2.60. The zero-order valence-corrected chi connectivity index (χ0v) is 30.9. The van der Waals surface area contributed by atoms with Gasteiger partial charge in [0.2, 0.25) is 22.3 Å². The van der Waals surface area contributed by atoms with Crippen LogP contribution in [-0.4, -0.2) is 103 Å². The fraction of sp³-hybridized carbons (Fsp3) is 0.378. The molecule has 55 heavy (non-hydrogen) atoms. The number of anilines is 2. The van der Waals surface area contributed by atoms with Gasteiger partial charge in [-0.15, -0.1) is 0 Å². The second-order valence-electron chi connectivity index (χ2n) is 13.0. The molecule has 1 aliphatic rings. The number of fused-ring (bicyclic) bond motifs is 1. The van der Waals surface area contributed by atoms with Crippen molar-refractivity contribution >= 4 is 27.3 Å².